The number of hydrogen-bond acceptors (Lipinski definition) is 8. The van der Waals surface area contributed by atoms with Gasteiger partial charge < -0.3 is 19.8 Å². The molecule has 0 aliphatic carbocycles. The monoisotopic (exact) mass is 593 g/mol. The molecule has 4 atom stereocenters. The maximum Gasteiger partial charge on any atom is 0.319 e. The van der Waals surface area contributed by atoms with E-state index in [0.717, 1.165) is 35.7 Å². The molecule has 2 N–H and O–H groups in total. The lowest BCUT2D eigenvalue weighted by Gasteiger charge is -2.34. The SMILES string of the molecule is CCc1cccc2cc(O)cc(-c3ncc4c(N5CCC(F)C(O)C5)nc(OC[C@@]56CCCN5C[C@H](F)C6)nc4c3F)c12. The molecule has 5 heterocycles. The topological polar surface area (TPSA) is 94.8 Å². The maximum atomic E-state index is 16.6. The zero-order valence-corrected chi connectivity index (χ0v) is 23.9. The first-order valence-corrected chi connectivity index (χ1v) is 15.0. The summed E-state index contributed by atoms with van der Waals surface area (Å²) < 4.78 is 51.3. The second kappa shape index (κ2) is 10.8. The first-order chi connectivity index (χ1) is 20.8. The summed E-state index contributed by atoms with van der Waals surface area (Å²) in [6, 6.07) is 8.78. The zero-order chi connectivity index (χ0) is 29.9. The van der Waals surface area contributed by atoms with E-state index in [1.807, 2.05) is 25.1 Å². The van der Waals surface area contributed by atoms with Gasteiger partial charge in [0.2, 0.25) is 0 Å². The Labute approximate surface area is 247 Å². The molecule has 0 radical (unpaired) electrons. The molecule has 2 aromatic heterocycles. The molecule has 4 aromatic rings. The normalized spacial score (nSPS) is 26.0. The molecule has 0 spiro atoms. The van der Waals surface area contributed by atoms with Gasteiger partial charge in [-0.1, -0.05) is 25.1 Å². The minimum Gasteiger partial charge on any atom is -0.508 e. The van der Waals surface area contributed by atoms with Gasteiger partial charge in [-0.15, -0.1) is 0 Å². The van der Waals surface area contributed by atoms with Gasteiger partial charge in [-0.3, -0.25) is 9.88 Å². The van der Waals surface area contributed by atoms with Gasteiger partial charge in [0.25, 0.3) is 0 Å². The van der Waals surface area contributed by atoms with E-state index >= 15 is 4.39 Å². The minimum atomic E-state index is -1.36. The fraction of sp³-hybridized carbons (Fsp3) is 0.469. The Morgan fingerprint density at radius 1 is 1.14 bits per heavy atom. The number of alkyl halides is 2. The van der Waals surface area contributed by atoms with Gasteiger partial charge in [0, 0.05) is 37.8 Å². The van der Waals surface area contributed by atoms with Gasteiger partial charge in [-0.25, -0.2) is 13.2 Å². The number of anilines is 1. The summed E-state index contributed by atoms with van der Waals surface area (Å²) in [5, 5.41) is 22.7. The largest absolute Gasteiger partial charge is 0.508 e. The van der Waals surface area contributed by atoms with Crippen molar-refractivity contribution < 1.29 is 28.1 Å². The average Bonchev–Trinajstić information content (AvgIpc) is 3.52. The third-order valence-electron chi connectivity index (χ3n) is 9.36. The number of aliphatic hydroxyl groups excluding tert-OH is 1. The van der Waals surface area contributed by atoms with Gasteiger partial charge in [-0.2, -0.15) is 9.97 Å². The summed E-state index contributed by atoms with van der Waals surface area (Å²) in [6.45, 7) is 3.55. The first kappa shape index (κ1) is 28.1. The summed E-state index contributed by atoms with van der Waals surface area (Å²) in [5.41, 5.74) is 0.933. The number of rotatable bonds is 6. The Morgan fingerprint density at radius 3 is 2.81 bits per heavy atom. The number of ether oxygens (including phenoxy) is 1. The van der Waals surface area contributed by atoms with Crippen molar-refractivity contribution in [2.24, 2.45) is 0 Å². The number of phenols is 1. The number of nitrogens with zero attached hydrogens (tertiary/aromatic N) is 5. The van der Waals surface area contributed by atoms with E-state index in [4.69, 9.17) is 4.74 Å². The van der Waals surface area contributed by atoms with Crippen LogP contribution in [0.25, 0.3) is 32.9 Å². The van der Waals surface area contributed by atoms with Crippen LogP contribution in [0.4, 0.5) is 19.0 Å². The molecule has 8 nitrogen and oxygen atoms in total. The van der Waals surface area contributed by atoms with Crippen molar-refractivity contribution in [1.29, 1.82) is 0 Å². The molecular formula is C32H34F3N5O3. The summed E-state index contributed by atoms with van der Waals surface area (Å²) in [6.07, 6.45) is 0.824. The van der Waals surface area contributed by atoms with Gasteiger partial charge in [0.05, 0.1) is 10.9 Å². The van der Waals surface area contributed by atoms with Crippen molar-refractivity contribution in [2.75, 3.05) is 37.7 Å². The minimum absolute atomic E-state index is 0.0176. The van der Waals surface area contributed by atoms with Crippen LogP contribution in [0.2, 0.25) is 0 Å². The number of pyridine rings is 1. The highest BCUT2D eigenvalue weighted by Crippen LogP contribution is 2.41. The molecule has 3 aliphatic rings. The smallest absolute Gasteiger partial charge is 0.319 e. The molecular weight excluding hydrogens is 559 g/mol. The van der Waals surface area contributed by atoms with Crippen molar-refractivity contribution in [3.63, 3.8) is 0 Å². The summed E-state index contributed by atoms with van der Waals surface area (Å²) in [7, 11) is 0. The van der Waals surface area contributed by atoms with Crippen molar-refractivity contribution in [3.8, 4) is 23.0 Å². The number of piperidine rings is 1. The number of aromatic nitrogens is 3. The number of hydrogen-bond donors (Lipinski definition) is 2. The van der Waals surface area contributed by atoms with Crippen molar-refractivity contribution in [2.45, 2.75) is 63.0 Å². The summed E-state index contributed by atoms with van der Waals surface area (Å²) >= 11 is 0. The van der Waals surface area contributed by atoms with Gasteiger partial charge >= 0.3 is 6.01 Å². The van der Waals surface area contributed by atoms with Crippen LogP contribution in [0, 0.1) is 5.82 Å². The lowest BCUT2D eigenvalue weighted by Crippen LogP contribution is -2.45. The van der Waals surface area contributed by atoms with Crippen LogP contribution in [-0.2, 0) is 6.42 Å². The highest BCUT2D eigenvalue weighted by molar-refractivity contribution is 6.01. The zero-order valence-electron chi connectivity index (χ0n) is 23.9. The third kappa shape index (κ3) is 4.82. The predicted molar refractivity (Wildman–Crippen MR) is 158 cm³/mol. The Morgan fingerprint density at radius 2 is 2.00 bits per heavy atom. The molecule has 3 fully saturated rings. The van der Waals surface area contributed by atoms with Crippen molar-refractivity contribution in [1.82, 2.24) is 19.9 Å². The van der Waals surface area contributed by atoms with Crippen LogP contribution < -0.4 is 9.64 Å². The highest BCUT2D eigenvalue weighted by atomic mass is 19.1. The maximum absolute atomic E-state index is 16.6. The van der Waals surface area contributed by atoms with Crippen LogP contribution in [-0.4, -0.2) is 86.8 Å². The lowest BCUT2D eigenvalue weighted by atomic mass is 9.95. The number of halogens is 3. The molecule has 2 unspecified atom stereocenters. The van der Waals surface area contributed by atoms with Gasteiger partial charge in [0.1, 0.15) is 47.8 Å². The second-order valence-corrected chi connectivity index (χ2v) is 12.1. The van der Waals surface area contributed by atoms with E-state index in [1.165, 1.54) is 12.3 Å². The van der Waals surface area contributed by atoms with E-state index in [-0.39, 0.29) is 54.9 Å². The van der Waals surface area contributed by atoms with Crippen LogP contribution in [0.1, 0.15) is 38.2 Å². The van der Waals surface area contributed by atoms with E-state index in [9.17, 15) is 19.0 Å². The molecule has 0 bridgehead atoms. The highest BCUT2D eigenvalue weighted by Gasteiger charge is 2.49. The van der Waals surface area contributed by atoms with E-state index in [0.29, 0.717) is 30.3 Å². The lowest BCUT2D eigenvalue weighted by molar-refractivity contribution is 0.0642. The Bertz CT molecular complexity index is 1710. The predicted octanol–water partition coefficient (Wildman–Crippen LogP) is 5.12. The van der Waals surface area contributed by atoms with Gasteiger partial charge in [0.15, 0.2) is 5.82 Å². The Kier molecular flexibility index (Phi) is 7.04. The quantitative estimate of drug-likeness (QED) is 0.318. The molecule has 11 heteroatoms. The Hall–Kier alpha value is -3.70. The van der Waals surface area contributed by atoms with Crippen LogP contribution in [0.3, 0.4) is 0 Å². The summed E-state index contributed by atoms with van der Waals surface area (Å²) in [5.74, 6) is -0.444. The van der Waals surface area contributed by atoms with Gasteiger partial charge in [-0.05, 0) is 60.7 Å². The molecule has 7 rings (SSSR count). The number of aromatic hydroxyl groups is 1. The van der Waals surface area contributed by atoms with E-state index in [1.54, 1.807) is 11.0 Å². The fourth-order valence-electron chi connectivity index (χ4n) is 7.23. The van der Waals surface area contributed by atoms with Crippen LogP contribution in [0.15, 0.2) is 36.5 Å². The molecule has 0 saturated carbocycles. The van der Waals surface area contributed by atoms with Crippen LogP contribution >= 0.6 is 0 Å². The van der Waals surface area contributed by atoms with E-state index in [2.05, 4.69) is 19.9 Å². The third-order valence-corrected chi connectivity index (χ3v) is 9.36. The van der Waals surface area contributed by atoms with Crippen LogP contribution in [0.5, 0.6) is 11.8 Å². The molecule has 43 heavy (non-hydrogen) atoms. The number of benzene rings is 2. The average molecular weight is 594 g/mol. The molecule has 226 valence electrons. The second-order valence-electron chi connectivity index (χ2n) is 12.1. The number of β-amino-alcohol motifs (C(OH)–C–C–N with tert-alkyl or cyclic N) is 1. The standard InChI is InChI=1S/C32H34F3N5O3/c1-2-18-5-3-6-19-11-21(41)12-22(26(18)19)28-27(35)29-23(14-36-28)30(39-10-7-24(34)25(42)16-39)38-31(37-29)43-17-32-8-4-9-40(32)15-20(33)13-32/h3,5-6,11-12,14,20,24-25,41-42H,2,4,7-10,13,15-17H2,1H3/t20-,24?,25?,32+/m1/s1. The molecule has 0 amide bonds. The molecule has 2 aromatic carbocycles. The number of phenolic OH excluding ortho intramolecular Hbond substituents is 1. The number of fused-ring (bicyclic) bond motifs is 3. The van der Waals surface area contributed by atoms with E-state index < -0.39 is 29.8 Å². The Balaban J connectivity index is 1.36. The molecule has 3 aliphatic heterocycles. The number of aryl methyl sites for hydroxylation is 1. The summed E-state index contributed by atoms with van der Waals surface area (Å²) in [4.78, 5) is 17.4. The van der Waals surface area contributed by atoms with Crippen molar-refractivity contribution in [3.05, 3.63) is 47.9 Å². The number of aliphatic hydroxyl groups is 1. The fourth-order valence-corrected chi connectivity index (χ4v) is 7.23. The van der Waals surface area contributed by atoms with Crippen molar-refractivity contribution >= 4 is 27.5 Å². The molecule has 3 saturated heterocycles. The first-order valence-electron chi connectivity index (χ1n) is 15.0.